The van der Waals surface area contributed by atoms with Crippen LogP contribution in [-0.2, 0) is 4.79 Å². The van der Waals surface area contributed by atoms with Crippen molar-refractivity contribution in [1.29, 1.82) is 0 Å². The van der Waals surface area contributed by atoms with E-state index in [0.29, 0.717) is 11.6 Å². The number of anilines is 1. The van der Waals surface area contributed by atoms with Crippen molar-refractivity contribution < 1.29 is 9.53 Å². The van der Waals surface area contributed by atoms with Crippen molar-refractivity contribution in [3.63, 3.8) is 0 Å². The molecule has 0 aliphatic heterocycles. The van der Waals surface area contributed by atoms with Crippen LogP contribution in [0.4, 0.5) is 5.82 Å². The minimum atomic E-state index is -0.640. The van der Waals surface area contributed by atoms with Gasteiger partial charge in [-0.15, -0.1) is 0 Å². The largest absolute Gasteiger partial charge is 0.481 e. The van der Waals surface area contributed by atoms with Crippen molar-refractivity contribution in [2.75, 3.05) is 5.32 Å². The van der Waals surface area contributed by atoms with Gasteiger partial charge in [0.25, 0.3) is 5.91 Å². The third-order valence-electron chi connectivity index (χ3n) is 5.07. The number of fused-ring (bicyclic) bond motifs is 1. The first-order chi connectivity index (χ1) is 14.0. The van der Waals surface area contributed by atoms with Crippen LogP contribution < -0.4 is 10.1 Å². The number of hydrogen-bond donors (Lipinski definition) is 2. The van der Waals surface area contributed by atoms with Gasteiger partial charge in [-0.05, 0) is 67.3 Å². The second-order valence-corrected chi connectivity index (χ2v) is 7.19. The van der Waals surface area contributed by atoms with Crippen LogP contribution in [0.5, 0.6) is 5.75 Å². The number of aromatic nitrogens is 2. The molecule has 0 aliphatic carbocycles. The highest BCUT2D eigenvalue weighted by atomic mass is 16.5. The van der Waals surface area contributed by atoms with Crippen molar-refractivity contribution in [1.82, 2.24) is 10.2 Å². The molecule has 0 radical (unpaired) electrons. The maximum atomic E-state index is 12.5. The number of benzene rings is 3. The van der Waals surface area contributed by atoms with Crippen LogP contribution in [0.25, 0.3) is 22.0 Å². The molecular weight excluding hydrogens is 362 g/mol. The lowest BCUT2D eigenvalue weighted by atomic mass is 10.00. The third-order valence-corrected chi connectivity index (χ3v) is 5.07. The van der Waals surface area contributed by atoms with Crippen LogP contribution in [0.15, 0.2) is 66.7 Å². The third kappa shape index (κ3) is 3.99. The predicted octanol–water partition coefficient (Wildman–Crippen LogP) is 5.25. The highest BCUT2D eigenvalue weighted by molar-refractivity contribution is 6.02. The van der Waals surface area contributed by atoms with Crippen molar-refractivity contribution >= 4 is 22.6 Å². The molecule has 1 unspecified atom stereocenters. The second-order valence-electron chi connectivity index (χ2n) is 7.19. The number of para-hydroxylation sites is 1. The van der Waals surface area contributed by atoms with Gasteiger partial charge >= 0.3 is 0 Å². The van der Waals surface area contributed by atoms with E-state index in [1.807, 2.05) is 48.5 Å². The van der Waals surface area contributed by atoms with E-state index in [9.17, 15) is 4.79 Å². The SMILES string of the molecule is Cc1ccc(-c2ccc3c(NC(=O)C(C)Oc4ccccc4)n[nH]c3c2)cc1C. The normalized spacial score (nSPS) is 12.0. The van der Waals surface area contributed by atoms with E-state index < -0.39 is 6.10 Å². The monoisotopic (exact) mass is 385 g/mol. The molecule has 4 rings (SSSR count). The Morgan fingerprint density at radius 2 is 1.69 bits per heavy atom. The van der Waals surface area contributed by atoms with Gasteiger partial charge < -0.3 is 10.1 Å². The van der Waals surface area contributed by atoms with Gasteiger partial charge in [0, 0.05) is 5.39 Å². The Hall–Kier alpha value is -3.60. The molecule has 0 aliphatic rings. The van der Waals surface area contributed by atoms with Crippen molar-refractivity contribution in [2.45, 2.75) is 26.9 Å². The number of carbonyl (C=O) groups excluding carboxylic acids is 1. The number of aromatic amines is 1. The van der Waals surface area contributed by atoms with E-state index in [2.05, 4.69) is 47.6 Å². The number of rotatable bonds is 5. The van der Waals surface area contributed by atoms with Crippen molar-refractivity contribution in [3.05, 3.63) is 77.9 Å². The zero-order valence-electron chi connectivity index (χ0n) is 16.7. The molecule has 0 saturated heterocycles. The van der Waals surface area contributed by atoms with Gasteiger partial charge in [0.2, 0.25) is 0 Å². The molecule has 1 aromatic heterocycles. The number of H-pyrrole nitrogens is 1. The van der Waals surface area contributed by atoms with E-state index in [1.54, 1.807) is 6.92 Å². The Kier molecular flexibility index (Phi) is 5.04. The van der Waals surface area contributed by atoms with Crippen LogP contribution in [0.2, 0.25) is 0 Å². The fourth-order valence-electron chi connectivity index (χ4n) is 3.19. The van der Waals surface area contributed by atoms with Gasteiger partial charge in [-0.25, -0.2) is 0 Å². The summed E-state index contributed by atoms with van der Waals surface area (Å²) in [4.78, 5) is 12.5. The average molecular weight is 385 g/mol. The highest BCUT2D eigenvalue weighted by Crippen LogP contribution is 2.28. The fourth-order valence-corrected chi connectivity index (χ4v) is 3.19. The first kappa shape index (κ1) is 18.7. The Balaban J connectivity index is 1.53. The Labute approximate surface area is 169 Å². The Morgan fingerprint density at radius 1 is 0.966 bits per heavy atom. The number of ether oxygens (including phenoxy) is 1. The van der Waals surface area contributed by atoms with E-state index in [0.717, 1.165) is 22.0 Å². The maximum Gasteiger partial charge on any atom is 0.266 e. The van der Waals surface area contributed by atoms with Gasteiger partial charge in [0.15, 0.2) is 11.9 Å². The van der Waals surface area contributed by atoms with Gasteiger partial charge in [-0.1, -0.05) is 42.5 Å². The van der Waals surface area contributed by atoms with Crippen molar-refractivity contribution in [2.24, 2.45) is 0 Å². The molecule has 5 nitrogen and oxygen atoms in total. The molecular formula is C24H23N3O2. The molecule has 4 aromatic rings. The lowest BCUT2D eigenvalue weighted by Gasteiger charge is -2.13. The summed E-state index contributed by atoms with van der Waals surface area (Å²) < 4.78 is 5.68. The molecule has 146 valence electrons. The first-order valence-corrected chi connectivity index (χ1v) is 9.59. The summed E-state index contributed by atoms with van der Waals surface area (Å²) in [6, 6.07) is 21.8. The molecule has 0 spiro atoms. The summed E-state index contributed by atoms with van der Waals surface area (Å²) in [5, 5.41) is 11.0. The zero-order chi connectivity index (χ0) is 20.4. The molecule has 0 saturated carbocycles. The first-order valence-electron chi connectivity index (χ1n) is 9.59. The molecule has 5 heteroatoms. The second kappa shape index (κ2) is 7.80. The van der Waals surface area contributed by atoms with Gasteiger partial charge in [0.05, 0.1) is 5.52 Å². The molecule has 1 atom stereocenters. The maximum absolute atomic E-state index is 12.5. The van der Waals surface area contributed by atoms with Gasteiger partial charge in [-0.2, -0.15) is 5.10 Å². The molecule has 3 aromatic carbocycles. The topological polar surface area (TPSA) is 67.0 Å². The van der Waals surface area contributed by atoms with E-state index in [1.165, 1.54) is 11.1 Å². The number of nitrogens with one attached hydrogen (secondary N) is 2. The summed E-state index contributed by atoms with van der Waals surface area (Å²) in [7, 11) is 0. The number of nitrogens with zero attached hydrogens (tertiary/aromatic N) is 1. The molecule has 2 N–H and O–H groups in total. The average Bonchev–Trinajstić information content (AvgIpc) is 3.12. The molecule has 0 bridgehead atoms. The summed E-state index contributed by atoms with van der Waals surface area (Å²) in [6.07, 6.45) is -0.640. The summed E-state index contributed by atoms with van der Waals surface area (Å²) in [5.41, 5.74) is 5.65. The zero-order valence-corrected chi connectivity index (χ0v) is 16.7. The highest BCUT2D eigenvalue weighted by Gasteiger charge is 2.17. The number of amides is 1. The van der Waals surface area contributed by atoms with E-state index in [4.69, 9.17) is 4.74 Å². The van der Waals surface area contributed by atoms with Crippen LogP contribution in [-0.4, -0.2) is 22.2 Å². The van der Waals surface area contributed by atoms with Gasteiger partial charge in [0.1, 0.15) is 5.75 Å². The number of carbonyl (C=O) groups is 1. The predicted molar refractivity (Wildman–Crippen MR) is 116 cm³/mol. The van der Waals surface area contributed by atoms with Crippen LogP contribution >= 0.6 is 0 Å². The fraction of sp³-hybridized carbons (Fsp3) is 0.167. The Morgan fingerprint density at radius 3 is 2.45 bits per heavy atom. The molecule has 29 heavy (non-hydrogen) atoms. The molecule has 0 fully saturated rings. The smallest absolute Gasteiger partial charge is 0.266 e. The van der Waals surface area contributed by atoms with E-state index >= 15 is 0 Å². The number of hydrogen-bond acceptors (Lipinski definition) is 3. The quantitative estimate of drug-likeness (QED) is 0.493. The lowest BCUT2D eigenvalue weighted by molar-refractivity contribution is -0.122. The van der Waals surface area contributed by atoms with E-state index in [-0.39, 0.29) is 5.91 Å². The Bertz CT molecular complexity index is 1170. The summed E-state index contributed by atoms with van der Waals surface area (Å²) in [6.45, 7) is 5.93. The standard InChI is InChI=1S/C24H23N3O2/c1-15-9-10-18(13-16(15)2)19-11-12-21-22(14-19)26-27-23(21)25-24(28)17(3)29-20-7-5-4-6-8-20/h4-14,17H,1-3H3,(H2,25,26,27,28). The lowest BCUT2D eigenvalue weighted by Crippen LogP contribution is -2.30. The number of aryl methyl sites for hydroxylation is 2. The van der Waals surface area contributed by atoms with Crippen molar-refractivity contribution in [3.8, 4) is 16.9 Å². The van der Waals surface area contributed by atoms with Crippen LogP contribution in [0.3, 0.4) is 0 Å². The summed E-state index contributed by atoms with van der Waals surface area (Å²) in [5.74, 6) is 0.903. The van der Waals surface area contributed by atoms with Crippen LogP contribution in [0.1, 0.15) is 18.1 Å². The minimum Gasteiger partial charge on any atom is -0.481 e. The molecule has 1 amide bonds. The van der Waals surface area contributed by atoms with Crippen LogP contribution in [0, 0.1) is 13.8 Å². The summed E-state index contributed by atoms with van der Waals surface area (Å²) >= 11 is 0. The minimum absolute atomic E-state index is 0.250. The van der Waals surface area contributed by atoms with Gasteiger partial charge in [-0.3, -0.25) is 9.89 Å². The molecule has 1 heterocycles.